The van der Waals surface area contributed by atoms with E-state index in [-0.39, 0.29) is 0 Å². The first-order valence-corrected chi connectivity index (χ1v) is 8.94. The van der Waals surface area contributed by atoms with Crippen molar-refractivity contribution in [3.63, 3.8) is 0 Å². The summed E-state index contributed by atoms with van der Waals surface area (Å²) in [7, 11) is 0. The van der Waals surface area contributed by atoms with E-state index in [1.165, 1.54) is 71.0 Å². The molecule has 0 radical (unpaired) electrons. The van der Waals surface area contributed by atoms with Gasteiger partial charge in [-0.05, 0) is 45.6 Å². The lowest BCUT2D eigenvalue weighted by molar-refractivity contribution is -0.00165. The Balaban J connectivity index is 1.86. The third-order valence-corrected chi connectivity index (χ3v) is 4.98. The molecule has 0 aromatic rings. The molecule has 0 amide bonds. The quantitative estimate of drug-likeness (QED) is 0.757. The highest BCUT2D eigenvalue weighted by Crippen LogP contribution is 2.26. The van der Waals surface area contributed by atoms with Crippen molar-refractivity contribution < 1.29 is 4.74 Å². The summed E-state index contributed by atoms with van der Waals surface area (Å²) in [6, 6.07) is 1.49. The van der Waals surface area contributed by atoms with Crippen molar-refractivity contribution in [1.82, 2.24) is 10.2 Å². The molecule has 0 aromatic heterocycles. The topological polar surface area (TPSA) is 24.5 Å². The second-order valence-electron chi connectivity index (χ2n) is 6.46. The molecule has 2 rings (SSSR count). The largest absolute Gasteiger partial charge is 0.378 e. The van der Waals surface area contributed by atoms with Gasteiger partial charge in [-0.1, -0.05) is 26.2 Å². The highest BCUT2D eigenvalue weighted by molar-refractivity contribution is 4.89. The minimum absolute atomic E-state index is 0.518. The SMILES string of the molecule is CCCNC1CCCCCC1N1CCC(OCC)CC1. The minimum atomic E-state index is 0.518. The Hall–Kier alpha value is -0.120. The van der Waals surface area contributed by atoms with Crippen molar-refractivity contribution in [1.29, 1.82) is 0 Å². The molecule has 3 nitrogen and oxygen atoms in total. The smallest absolute Gasteiger partial charge is 0.0599 e. The van der Waals surface area contributed by atoms with Crippen LogP contribution in [0.1, 0.15) is 65.2 Å². The summed E-state index contributed by atoms with van der Waals surface area (Å²) in [6.45, 7) is 8.90. The molecule has 2 aliphatic rings. The molecule has 118 valence electrons. The maximum absolute atomic E-state index is 5.79. The average Bonchev–Trinajstić information content (AvgIpc) is 2.72. The number of ether oxygens (including phenoxy) is 1. The van der Waals surface area contributed by atoms with Crippen LogP contribution in [0.4, 0.5) is 0 Å². The van der Waals surface area contributed by atoms with Gasteiger partial charge in [0, 0.05) is 31.8 Å². The van der Waals surface area contributed by atoms with Crippen LogP contribution in [0.15, 0.2) is 0 Å². The van der Waals surface area contributed by atoms with Crippen LogP contribution in [-0.2, 0) is 4.74 Å². The Bertz CT molecular complexity index is 251. The normalized spacial score (nSPS) is 30.3. The maximum Gasteiger partial charge on any atom is 0.0599 e. The van der Waals surface area contributed by atoms with E-state index in [1.807, 2.05) is 0 Å². The highest BCUT2D eigenvalue weighted by atomic mass is 16.5. The zero-order valence-electron chi connectivity index (χ0n) is 13.6. The van der Waals surface area contributed by atoms with Crippen molar-refractivity contribution in [3.05, 3.63) is 0 Å². The third-order valence-electron chi connectivity index (χ3n) is 4.98. The fraction of sp³-hybridized carbons (Fsp3) is 1.00. The van der Waals surface area contributed by atoms with Crippen LogP contribution < -0.4 is 5.32 Å². The molecule has 20 heavy (non-hydrogen) atoms. The number of piperidine rings is 1. The molecule has 0 spiro atoms. The Kier molecular flexibility index (Phi) is 7.32. The summed E-state index contributed by atoms with van der Waals surface area (Å²) in [4.78, 5) is 2.76. The number of likely N-dealkylation sites (tertiary alicyclic amines) is 1. The van der Waals surface area contributed by atoms with Gasteiger partial charge in [0.25, 0.3) is 0 Å². The fourth-order valence-electron chi connectivity index (χ4n) is 3.90. The first-order valence-electron chi connectivity index (χ1n) is 8.94. The molecule has 2 atom stereocenters. The molecule has 1 saturated heterocycles. The van der Waals surface area contributed by atoms with Crippen LogP contribution in [0.2, 0.25) is 0 Å². The molecule has 0 bridgehead atoms. The lowest BCUT2D eigenvalue weighted by Crippen LogP contribution is -2.52. The molecule has 1 aliphatic heterocycles. The van der Waals surface area contributed by atoms with Gasteiger partial charge in [0.15, 0.2) is 0 Å². The number of hydrogen-bond acceptors (Lipinski definition) is 3. The van der Waals surface area contributed by atoms with Crippen molar-refractivity contribution in [2.24, 2.45) is 0 Å². The lowest BCUT2D eigenvalue weighted by Gasteiger charge is -2.41. The predicted molar refractivity (Wildman–Crippen MR) is 85.2 cm³/mol. The molecule has 0 aromatic carbocycles. The molecule has 1 N–H and O–H groups in total. The van der Waals surface area contributed by atoms with Gasteiger partial charge in [-0.15, -0.1) is 0 Å². The van der Waals surface area contributed by atoms with Gasteiger partial charge in [0.05, 0.1) is 6.10 Å². The Morgan fingerprint density at radius 1 is 1.00 bits per heavy atom. The van der Waals surface area contributed by atoms with Crippen molar-refractivity contribution >= 4 is 0 Å². The van der Waals surface area contributed by atoms with E-state index in [0.717, 1.165) is 18.7 Å². The number of hydrogen-bond donors (Lipinski definition) is 1. The van der Waals surface area contributed by atoms with Crippen LogP contribution in [0.3, 0.4) is 0 Å². The van der Waals surface area contributed by atoms with Gasteiger partial charge in [0.2, 0.25) is 0 Å². The zero-order valence-corrected chi connectivity index (χ0v) is 13.6. The van der Waals surface area contributed by atoms with Gasteiger partial charge in [-0.2, -0.15) is 0 Å². The van der Waals surface area contributed by atoms with Crippen LogP contribution in [0.5, 0.6) is 0 Å². The monoisotopic (exact) mass is 282 g/mol. The van der Waals surface area contributed by atoms with Gasteiger partial charge in [0.1, 0.15) is 0 Å². The number of nitrogens with one attached hydrogen (secondary N) is 1. The Morgan fingerprint density at radius 3 is 2.45 bits per heavy atom. The first-order chi connectivity index (χ1) is 9.85. The minimum Gasteiger partial charge on any atom is -0.378 e. The van der Waals surface area contributed by atoms with E-state index in [4.69, 9.17) is 4.74 Å². The van der Waals surface area contributed by atoms with E-state index in [2.05, 4.69) is 24.1 Å². The Morgan fingerprint density at radius 2 is 1.75 bits per heavy atom. The molecule has 1 saturated carbocycles. The summed E-state index contributed by atoms with van der Waals surface area (Å²) in [5.74, 6) is 0. The van der Waals surface area contributed by atoms with E-state index >= 15 is 0 Å². The van der Waals surface area contributed by atoms with Gasteiger partial charge < -0.3 is 10.1 Å². The molecule has 3 heteroatoms. The zero-order chi connectivity index (χ0) is 14.2. The first kappa shape index (κ1) is 16.3. The highest BCUT2D eigenvalue weighted by Gasteiger charge is 2.31. The van der Waals surface area contributed by atoms with Crippen molar-refractivity contribution in [3.8, 4) is 0 Å². The van der Waals surface area contributed by atoms with Crippen LogP contribution in [-0.4, -0.2) is 49.3 Å². The van der Waals surface area contributed by atoms with Gasteiger partial charge >= 0.3 is 0 Å². The third kappa shape index (κ3) is 4.71. The lowest BCUT2D eigenvalue weighted by atomic mass is 9.97. The standard InChI is InChI=1S/C17H34N2O/c1-3-12-18-16-8-6-5-7-9-17(16)19-13-10-15(11-14-19)20-4-2/h15-18H,3-14H2,1-2H3. The van der Waals surface area contributed by atoms with E-state index in [0.29, 0.717) is 6.10 Å². The molecule has 2 unspecified atom stereocenters. The summed E-state index contributed by atoms with van der Waals surface area (Å²) in [6.07, 6.45) is 11.2. The summed E-state index contributed by atoms with van der Waals surface area (Å²) in [5.41, 5.74) is 0. The predicted octanol–water partition coefficient (Wildman–Crippen LogP) is 3.19. The van der Waals surface area contributed by atoms with Crippen LogP contribution in [0.25, 0.3) is 0 Å². The molecule has 2 fully saturated rings. The molecule has 1 heterocycles. The van der Waals surface area contributed by atoms with E-state index in [1.54, 1.807) is 0 Å². The number of nitrogens with zero attached hydrogens (tertiary/aromatic N) is 1. The van der Waals surface area contributed by atoms with Crippen molar-refractivity contribution in [2.75, 3.05) is 26.2 Å². The average molecular weight is 282 g/mol. The van der Waals surface area contributed by atoms with Crippen molar-refractivity contribution in [2.45, 2.75) is 83.4 Å². The molecule has 1 aliphatic carbocycles. The van der Waals surface area contributed by atoms with E-state index < -0.39 is 0 Å². The maximum atomic E-state index is 5.79. The van der Waals surface area contributed by atoms with E-state index in [9.17, 15) is 0 Å². The van der Waals surface area contributed by atoms with Crippen LogP contribution >= 0.6 is 0 Å². The summed E-state index contributed by atoms with van der Waals surface area (Å²) < 4.78 is 5.79. The number of rotatable bonds is 6. The van der Waals surface area contributed by atoms with Crippen LogP contribution in [0, 0.1) is 0 Å². The Labute approximate surface area is 125 Å². The summed E-state index contributed by atoms with van der Waals surface area (Å²) >= 11 is 0. The molecular formula is C17H34N2O. The summed E-state index contributed by atoms with van der Waals surface area (Å²) in [5, 5.41) is 3.82. The molecular weight excluding hydrogens is 248 g/mol. The van der Waals surface area contributed by atoms with Gasteiger partial charge in [-0.3, -0.25) is 4.90 Å². The van der Waals surface area contributed by atoms with Gasteiger partial charge in [-0.25, -0.2) is 0 Å². The second kappa shape index (κ2) is 9.01. The second-order valence-corrected chi connectivity index (χ2v) is 6.46. The fourth-order valence-corrected chi connectivity index (χ4v) is 3.90.